The maximum absolute atomic E-state index is 12.7. The Hall–Kier alpha value is -1.94. The number of rotatable bonds is 7. The number of ether oxygens (including phenoxy) is 1. The van der Waals surface area contributed by atoms with Gasteiger partial charge in [0.15, 0.2) is 0 Å². The zero-order valence-corrected chi connectivity index (χ0v) is 16.6. The average molecular weight is 411 g/mol. The van der Waals surface area contributed by atoms with Gasteiger partial charge in [-0.25, -0.2) is 21.6 Å². The summed E-state index contributed by atoms with van der Waals surface area (Å²) in [4.78, 5) is -0.0759. The van der Waals surface area contributed by atoms with Crippen LogP contribution >= 0.6 is 0 Å². The fourth-order valence-electron chi connectivity index (χ4n) is 2.88. The minimum atomic E-state index is -3.84. The summed E-state index contributed by atoms with van der Waals surface area (Å²) < 4.78 is 59.4. The van der Waals surface area contributed by atoms with Crippen LogP contribution in [0, 0.1) is 0 Å². The molecule has 146 valence electrons. The van der Waals surface area contributed by atoms with Crippen molar-refractivity contribution in [2.24, 2.45) is 0 Å². The van der Waals surface area contributed by atoms with Gasteiger partial charge >= 0.3 is 0 Å². The van der Waals surface area contributed by atoms with Gasteiger partial charge in [-0.3, -0.25) is 0 Å². The van der Waals surface area contributed by atoms with Gasteiger partial charge in [0.05, 0.1) is 16.9 Å². The standard InChI is InChI=1S/C18H22N2O5S2/c1-25-16-9-7-15(8-10-16)14-19-26(21,22)17-5-4-6-18(13-17)27(23,24)20-11-2-3-12-20/h4-10,13,19H,2-3,11-12,14H2,1H3. The predicted octanol–water partition coefficient (Wildman–Crippen LogP) is 1.96. The highest BCUT2D eigenvalue weighted by Crippen LogP contribution is 2.23. The van der Waals surface area contributed by atoms with Crippen molar-refractivity contribution in [2.75, 3.05) is 20.2 Å². The molecule has 0 spiro atoms. The van der Waals surface area contributed by atoms with E-state index in [1.54, 1.807) is 31.4 Å². The molecule has 2 aromatic carbocycles. The highest BCUT2D eigenvalue weighted by Gasteiger charge is 2.28. The average Bonchev–Trinajstić information content (AvgIpc) is 3.23. The molecule has 0 radical (unpaired) electrons. The summed E-state index contributed by atoms with van der Waals surface area (Å²) in [7, 11) is -5.96. The summed E-state index contributed by atoms with van der Waals surface area (Å²) in [5.41, 5.74) is 0.764. The minimum absolute atomic E-state index is 0.00303. The van der Waals surface area contributed by atoms with Crippen molar-refractivity contribution in [3.8, 4) is 5.75 Å². The number of nitrogens with one attached hydrogen (secondary N) is 1. The third-order valence-electron chi connectivity index (χ3n) is 4.44. The van der Waals surface area contributed by atoms with Crippen molar-refractivity contribution < 1.29 is 21.6 Å². The Morgan fingerprint density at radius 3 is 2.22 bits per heavy atom. The smallest absolute Gasteiger partial charge is 0.243 e. The van der Waals surface area contributed by atoms with E-state index in [1.165, 1.54) is 28.6 Å². The second-order valence-corrected chi connectivity index (χ2v) is 9.96. The fourth-order valence-corrected chi connectivity index (χ4v) is 5.59. The van der Waals surface area contributed by atoms with Crippen LogP contribution < -0.4 is 9.46 Å². The van der Waals surface area contributed by atoms with E-state index in [9.17, 15) is 16.8 Å². The summed E-state index contributed by atoms with van der Waals surface area (Å²) in [6.07, 6.45) is 1.64. The molecule has 1 saturated heterocycles. The summed E-state index contributed by atoms with van der Waals surface area (Å²) >= 11 is 0. The van der Waals surface area contributed by atoms with Crippen LogP contribution in [0.5, 0.6) is 5.75 Å². The van der Waals surface area contributed by atoms with Gasteiger partial charge in [0.25, 0.3) is 0 Å². The lowest BCUT2D eigenvalue weighted by atomic mass is 10.2. The first kappa shape index (κ1) is 19.8. The van der Waals surface area contributed by atoms with Crippen LogP contribution in [0.15, 0.2) is 58.3 Å². The lowest BCUT2D eigenvalue weighted by molar-refractivity contribution is 0.414. The number of hydrogen-bond acceptors (Lipinski definition) is 5. The summed E-state index contributed by atoms with van der Waals surface area (Å²) in [6, 6.07) is 12.5. The van der Waals surface area contributed by atoms with Crippen molar-refractivity contribution in [1.29, 1.82) is 0 Å². The Bertz CT molecular complexity index is 996. The van der Waals surface area contributed by atoms with Crippen molar-refractivity contribution in [3.63, 3.8) is 0 Å². The molecule has 9 heteroatoms. The first-order valence-corrected chi connectivity index (χ1v) is 11.5. The highest BCUT2D eigenvalue weighted by molar-refractivity contribution is 7.90. The molecular formula is C18H22N2O5S2. The number of methoxy groups -OCH3 is 1. The molecule has 0 amide bonds. The molecule has 2 aromatic rings. The SMILES string of the molecule is COc1ccc(CNS(=O)(=O)c2cccc(S(=O)(=O)N3CCCC3)c2)cc1. The van der Waals surface area contributed by atoms with Gasteiger partial charge in [-0.15, -0.1) is 0 Å². The Kier molecular flexibility index (Phi) is 5.85. The van der Waals surface area contributed by atoms with E-state index in [4.69, 9.17) is 4.74 Å². The fraction of sp³-hybridized carbons (Fsp3) is 0.333. The van der Waals surface area contributed by atoms with E-state index in [0.29, 0.717) is 18.8 Å². The molecule has 0 atom stereocenters. The van der Waals surface area contributed by atoms with Gasteiger partial charge in [0.1, 0.15) is 5.75 Å². The second kappa shape index (κ2) is 7.97. The maximum atomic E-state index is 12.7. The molecule has 1 aliphatic heterocycles. The van der Waals surface area contributed by atoms with Gasteiger partial charge in [0.2, 0.25) is 20.0 Å². The summed E-state index contributed by atoms with van der Waals surface area (Å²) in [5.74, 6) is 0.682. The van der Waals surface area contributed by atoms with Crippen LogP contribution in [-0.4, -0.2) is 41.3 Å². The monoisotopic (exact) mass is 410 g/mol. The van der Waals surface area contributed by atoms with Crippen molar-refractivity contribution >= 4 is 20.0 Å². The van der Waals surface area contributed by atoms with E-state index < -0.39 is 20.0 Å². The Labute approximate surface area is 160 Å². The predicted molar refractivity (Wildman–Crippen MR) is 101 cm³/mol. The molecule has 0 unspecified atom stereocenters. The van der Waals surface area contributed by atoms with E-state index in [2.05, 4.69) is 4.72 Å². The molecule has 0 saturated carbocycles. The topological polar surface area (TPSA) is 92.8 Å². The lowest BCUT2D eigenvalue weighted by Gasteiger charge is -2.16. The highest BCUT2D eigenvalue weighted by atomic mass is 32.2. The van der Waals surface area contributed by atoms with Crippen molar-refractivity contribution in [1.82, 2.24) is 9.03 Å². The first-order valence-electron chi connectivity index (χ1n) is 8.56. The minimum Gasteiger partial charge on any atom is -0.497 e. The van der Waals surface area contributed by atoms with Crippen LogP contribution in [0.4, 0.5) is 0 Å². The second-order valence-electron chi connectivity index (χ2n) is 6.26. The van der Waals surface area contributed by atoms with Gasteiger partial charge in [-0.1, -0.05) is 18.2 Å². The molecule has 7 nitrogen and oxygen atoms in total. The molecular weight excluding hydrogens is 388 g/mol. The number of hydrogen-bond donors (Lipinski definition) is 1. The zero-order valence-electron chi connectivity index (χ0n) is 15.0. The molecule has 1 N–H and O–H groups in total. The lowest BCUT2D eigenvalue weighted by Crippen LogP contribution is -2.28. The number of benzene rings is 2. The number of nitrogens with zero attached hydrogens (tertiary/aromatic N) is 1. The molecule has 3 rings (SSSR count). The Balaban J connectivity index is 1.78. The van der Waals surface area contributed by atoms with E-state index in [0.717, 1.165) is 18.4 Å². The third-order valence-corrected chi connectivity index (χ3v) is 7.74. The Morgan fingerprint density at radius 1 is 0.963 bits per heavy atom. The zero-order chi connectivity index (χ0) is 19.5. The molecule has 0 aliphatic carbocycles. The van der Waals surface area contributed by atoms with Crippen molar-refractivity contribution in [3.05, 3.63) is 54.1 Å². The van der Waals surface area contributed by atoms with Crippen molar-refractivity contribution in [2.45, 2.75) is 29.2 Å². The molecule has 0 bridgehead atoms. The van der Waals surface area contributed by atoms with E-state index in [-0.39, 0.29) is 16.3 Å². The molecule has 27 heavy (non-hydrogen) atoms. The first-order chi connectivity index (χ1) is 12.8. The van der Waals surface area contributed by atoms with Crippen LogP contribution in [-0.2, 0) is 26.6 Å². The quantitative estimate of drug-likeness (QED) is 0.753. The van der Waals surface area contributed by atoms with E-state index >= 15 is 0 Å². The molecule has 1 fully saturated rings. The third kappa shape index (κ3) is 4.49. The van der Waals surface area contributed by atoms with Crippen LogP contribution in [0.1, 0.15) is 18.4 Å². The van der Waals surface area contributed by atoms with Gasteiger partial charge in [-0.2, -0.15) is 4.31 Å². The van der Waals surface area contributed by atoms with Crippen LogP contribution in [0.25, 0.3) is 0 Å². The van der Waals surface area contributed by atoms with Crippen LogP contribution in [0.2, 0.25) is 0 Å². The molecule has 0 aromatic heterocycles. The summed E-state index contributed by atoms with van der Waals surface area (Å²) in [5, 5.41) is 0. The normalized spacial score (nSPS) is 15.7. The summed E-state index contributed by atoms with van der Waals surface area (Å²) in [6.45, 7) is 1.03. The van der Waals surface area contributed by atoms with Crippen LogP contribution in [0.3, 0.4) is 0 Å². The maximum Gasteiger partial charge on any atom is 0.243 e. The van der Waals surface area contributed by atoms with Gasteiger partial charge < -0.3 is 4.74 Å². The number of sulfonamides is 2. The largest absolute Gasteiger partial charge is 0.497 e. The van der Waals surface area contributed by atoms with Gasteiger partial charge in [-0.05, 0) is 48.7 Å². The van der Waals surface area contributed by atoms with Gasteiger partial charge in [0, 0.05) is 19.6 Å². The molecule has 1 heterocycles. The molecule has 1 aliphatic rings. The Morgan fingerprint density at radius 2 is 1.59 bits per heavy atom. The van der Waals surface area contributed by atoms with E-state index in [1.807, 2.05) is 0 Å².